The van der Waals surface area contributed by atoms with E-state index in [1.54, 1.807) is 0 Å². The molecular formula is C10H11N3O5. The molecule has 1 aromatic rings. The summed E-state index contributed by atoms with van der Waals surface area (Å²) in [6.07, 6.45) is 1.53. The molecule has 1 unspecified atom stereocenters. The van der Waals surface area contributed by atoms with Gasteiger partial charge in [-0.3, -0.25) is 4.79 Å². The fourth-order valence-electron chi connectivity index (χ4n) is 1.65. The van der Waals surface area contributed by atoms with E-state index in [1.807, 2.05) is 0 Å². The van der Waals surface area contributed by atoms with Crippen molar-refractivity contribution in [3.05, 3.63) is 27.9 Å². The molecule has 0 bridgehead atoms. The number of carbonyl (C=O) groups is 2. The standard InChI is InChI=1S/C10H11N3O5/c14-9(6-3-4-7(11-6)13(17)18)12-8(10(15)16)5-1-2-5/h3-5,8,11H,1-2H2,(H,12,14)(H,15,16). The number of aromatic nitrogens is 1. The van der Waals surface area contributed by atoms with Gasteiger partial charge >= 0.3 is 11.8 Å². The van der Waals surface area contributed by atoms with Crippen LogP contribution in [0.1, 0.15) is 23.3 Å². The quantitative estimate of drug-likeness (QED) is 0.521. The predicted molar refractivity (Wildman–Crippen MR) is 59.1 cm³/mol. The lowest BCUT2D eigenvalue weighted by Crippen LogP contribution is -2.42. The minimum absolute atomic E-state index is 0.0198. The first-order valence-electron chi connectivity index (χ1n) is 5.36. The Morgan fingerprint density at radius 3 is 2.61 bits per heavy atom. The number of nitrogens with zero attached hydrogens (tertiary/aromatic N) is 1. The van der Waals surface area contributed by atoms with Gasteiger partial charge < -0.3 is 20.5 Å². The molecule has 0 aromatic carbocycles. The summed E-state index contributed by atoms with van der Waals surface area (Å²) >= 11 is 0. The van der Waals surface area contributed by atoms with Crippen molar-refractivity contribution in [1.29, 1.82) is 0 Å². The summed E-state index contributed by atoms with van der Waals surface area (Å²) < 4.78 is 0. The van der Waals surface area contributed by atoms with Crippen molar-refractivity contribution in [2.24, 2.45) is 5.92 Å². The number of H-pyrrole nitrogens is 1. The van der Waals surface area contributed by atoms with Gasteiger partial charge in [-0.05, 0) is 29.7 Å². The highest BCUT2D eigenvalue weighted by Gasteiger charge is 2.37. The van der Waals surface area contributed by atoms with E-state index in [-0.39, 0.29) is 17.4 Å². The molecule has 3 N–H and O–H groups in total. The molecule has 0 saturated heterocycles. The summed E-state index contributed by atoms with van der Waals surface area (Å²) in [5.74, 6) is -2.09. The molecule has 1 aromatic heterocycles. The topological polar surface area (TPSA) is 125 Å². The number of aromatic amines is 1. The van der Waals surface area contributed by atoms with Crippen molar-refractivity contribution in [3.63, 3.8) is 0 Å². The molecule has 0 spiro atoms. The molecule has 1 atom stereocenters. The van der Waals surface area contributed by atoms with Gasteiger partial charge in [-0.2, -0.15) is 0 Å². The number of nitrogens with one attached hydrogen (secondary N) is 2. The third kappa shape index (κ3) is 2.47. The highest BCUT2D eigenvalue weighted by Crippen LogP contribution is 2.32. The fraction of sp³-hybridized carbons (Fsp3) is 0.400. The molecule has 96 valence electrons. The van der Waals surface area contributed by atoms with Gasteiger partial charge in [0.1, 0.15) is 6.04 Å². The molecule has 1 aliphatic rings. The van der Waals surface area contributed by atoms with Crippen molar-refractivity contribution in [3.8, 4) is 0 Å². The van der Waals surface area contributed by atoms with Gasteiger partial charge in [0.05, 0.1) is 0 Å². The minimum Gasteiger partial charge on any atom is -0.480 e. The van der Waals surface area contributed by atoms with E-state index < -0.39 is 22.8 Å². The number of rotatable bonds is 5. The molecule has 8 heteroatoms. The zero-order valence-corrected chi connectivity index (χ0v) is 9.25. The Kier molecular flexibility index (Phi) is 3.00. The number of carboxylic acids is 1. The Labute approximate surface area is 101 Å². The molecule has 0 radical (unpaired) electrons. The summed E-state index contributed by atoms with van der Waals surface area (Å²) in [6, 6.07) is 1.47. The number of hydrogen-bond acceptors (Lipinski definition) is 4. The van der Waals surface area contributed by atoms with E-state index in [9.17, 15) is 19.7 Å². The fourth-order valence-corrected chi connectivity index (χ4v) is 1.65. The van der Waals surface area contributed by atoms with Gasteiger partial charge in [0.25, 0.3) is 5.91 Å². The summed E-state index contributed by atoms with van der Waals surface area (Å²) in [4.78, 5) is 34.7. The number of carbonyl (C=O) groups excluding carboxylic acids is 1. The van der Waals surface area contributed by atoms with Crippen LogP contribution in [0.4, 0.5) is 5.82 Å². The minimum atomic E-state index is -1.09. The van der Waals surface area contributed by atoms with Crippen LogP contribution < -0.4 is 5.32 Å². The summed E-state index contributed by atoms with van der Waals surface area (Å²) in [7, 11) is 0. The van der Waals surface area contributed by atoms with Gasteiger partial charge in [-0.1, -0.05) is 0 Å². The SMILES string of the molecule is O=C(NC(C(=O)O)C1CC1)c1ccc([N+](=O)[O-])[nH]1. The molecule has 18 heavy (non-hydrogen) atoms. The summed E-state index contributed by atoms with van der Waals surface area (Å²) in [5, 5.41) is 21.7. The van der Waals surface area contributed by atoms with Crippen LogP contribution in [0, 0.1) is 16.0 Å². The van der Waals surface area contributed by atoms with Crippen molar-refractivity contribution >= 4 is 17.7 Å². The van der Waals surface area contributed by atoms with Crippen molar-refractivity contribution in [1.82, 2.24) is 10.3 Å². The van der Waals surface area contributed by atoms with Crippen LogP contribution in [0.25, 0.3) is 0 Å². The second kappa shape index (κ2) is 4.47. The highest BCUT2D eigenvalue weighted by atomic mass is 16.6. The lowest BCUT2D eigenvalue weighted by molar-refractivity contribution is -0.389. The molecule has 0 aliphatic heterocycles. The summed E-state index contributed by atoms with van der Waals surface area (Å²) in [5.41, 5.74) is -0.0198. The third-order valence-electron chi connectivity index (χ3n) is 2.76. The van der Waals surface area contributed by atoms with E-state index in [0.29, 0.717) is 0 Å². The first kappa shape index (κ1) is 12.1. The Bertz CT molecular complexity index is 505. The summed E-state index contributed by atoms with van der Waals surface area (Å²) in [6.45, 7) is 0. The van der Waals surface area contributed by atoms with Crippen LogP contribution in [0.3, 0.4) is 0 Å². The zero-order chi connectivity index (χ0) is 13.3. The van der Waals surface area contributed by atoms with Crippen LogP contribution >= 0.6 is 0 Å². The number of nitro groups is 1. The maximum atomic E-state index is 11.7. The number of amides is 1. The maximum absolute atomic E-state index is 11.7. The van der Waals surface area contributed by atoms with Crippen LogP contribution in [0.15, 0.2) is 12.1 Å². The Balaban J connectivity index is 2.05. The Morgan fingerprint density at radius 1 is 1.50 bits per heavy atom. The Hall–Kier alpha value is -2.38. The van der Waals surface area contributed by atoms with Crippen LogP contribution in [-0.2, 0) is 4.79 Å². The average molecular weight is 253 g/mol. The van der Waals surface area contributed by atoms with Crippen LogP contribution in [0.2, 0.25) is 0 Å². The largest absolute Gasteiger partial charge is 0.480 e. The van der Waals surface area contributed by atoms with E-state index >= 15 is 0 Å². The molecule has 1 heterocycles. The normalized spacial score (nSPS) is 16.0. The highest BCUT2D eigenvalue weighted by molar-refractivity contribution is 5.95. The smallest absolute Gasteiger partial charge is 0.326 e. The van der Waals surface area contributed by atoms with E-state index in [4.69, 9.17) is 5.11 Å². The molecule has 1 fully saturated rings. The van der Waals surface area contributed by atoms with E-state index in [0.717, 1.165) is 18.9 Å². The van der Waals surface area contributed by atoms with Gasteiger partial charge in [0, 0.05) is 6.07 Å². The molecule has 1 amide bonds. The van der Waals surface area contributed by atoms with Gasteiger partial charge in [0.2, 0.25) is 0 Å². The monoisotopic (exact) mass is 253 g/mol. The first-order chi connectivity index (χ1) is 8.49. The lowest BCUT2D eigenvalue weighted by Gasteiger charge is -2.11. The van der Waals surface area contributed by atoms with Gasteiger partial charge in [-0.25, -0.2) is 9.78 Å². The maximum Gasteiger partial charge on any atom is 0.326 e. The number of carboxylic acid groups (broad SMARTS) is 1. The lowest BCUT2D eigenvalue weighted by atomic mass is 10.2. The zero-order valence-electron chi connectivity index (χ0n) is 9.25. The number of hydrogen-bond donors (Lipinski definition) is 3. The predicted octanol–water partition coefficient (Wildman–Crippen LogP) is 0.516. The second-order valence-corrected chi connectivity index (χ2v) is 4.14. The van der Waals surface area contributed by atoms with Crippen LogP contribution in [-0.4, -0.2) is 32.9 Å². The average Bonchev–Trinajstić information content (AvgIpc) is 3.00. The van der Waals surface area contributed by atoms with Gasteiger partial charge in [0.15, 0.2) is 5.69 Å². The van der Waals surface area contributed by atoms with Crippen molar-refractivity contribution in [2.75, 3.05) is 0 Å². The second-order valence-electron chi connectivity index (χ2n) is 4.14. The van der Waals surface area contributed by atoms with Crippen LogP contribution in [0.5, 0.6) is 0 Å². The Morgan fingerprint density at radius 2 is 2.17 bits per heavy atom. The molecule has 2 rings (SSSR count). The first-order valence-corrected chi connectivity index (χ1v) is 5.36. The molecule has 8 nitrogen and oxygen atoms in total. The molecular weight excluding hydrogens is 242 g/mol. The van der Waals surface area contributed by atoms with Crippen molar-refractivity contribution in [2.45, 2.75) is 18.9 Å². The third-order valence-corrected chi connectivity index (χ3v) is 2.76. The molecule has 1 aliphatic carbocycles. The number of aliphatic carboxylic acids is 1. The van der Waals surface area contributed by atoms with Crippen molar-refractivity contribution < 1.29 is 19.6 Å². The van der Waals surface area contributed by atoms with Gasteiger partial charge in [-0.15, -0.1) is 0 Å². The molecule has 1 saturated carbocycles. The van der Waals surface area contributed by atoms with E-state index in [1.165, 1.54) is 6.07 Å². The van der Waals surface area contributed by atoms with E-state index in [2.05, 4.69) is 10.3 Å².